The minimum Gasteiger partial charge on any atom is -0.550 e. The maximum atomic E-state index is 10.1. The van der Waals surface area contributed by atoms with Crippen molar-refractivity contribution >= 4 is 5.97 Å². The predicted molar refractivity (Wildman–Crippen MR) is 89.3 cm³/mol. The van der Waals surface area contributed by atoms with E-state index in [9.17, 15) is 9.90 Å². The summed E-state index contributed by atoms with van der Waals surface area (Å²) in [7, 11) is 4.30. The summed E-state index contributed by atoms with van der Waals surface area (Å²) in [5, 5.41) is 19.1. The second-order valence-corrected chi connectivity index (χ2v) is 7.23. The number of aliphatic hydroxyl groups is 1. The molecule has 0 saturated carbocycles. The molecule has 0 spiro atoms. The fourth-order valence-electron chi connectivity index (χ4n) is 2.83. The molecule has 1 aliphatic heterocycles. The molecule has 1 N–H and O–H groups in total. The first-order chi connectivity index (χ1) is 10.4. The largest absolute Gasteiger partial charge is 0.550 e. The highest BCUT2D eigenvalue weighted by Crippen LogP contribution is 2.12. The fourth-order valence-corrected chi connectivity index (χ4v) is 2.83. The maximum absolute atomic E-state index is 10.1. The molecule has 22 heavy (non-hydrogen) atoms. The third-order valence-corrected chi connectivity index (χ3v) is 4.26. The summed E-state index contributed by atoms with van der Waals surface area (Å²) < 4.78 is 0.987. The summed E-state index contributed by atoms with van der Waals surface area (Å²) in [6.07, 6.45) is 12.1. The lowest BCUT2D eigenvalue weighted by atomic mass is 10.1. The van der Waals surface area contributed by atoms with E-state index in [1.165, 1.54) is 44.9 Å². The van der Waals surface area contributed by atoms with Crippen molar-refractivity contribution in [2.75, 3.05) is 27.2 Å². The standard InChI is InChI=1S/C12H24O2.C6H14NO/c1-2-3-4-5-6-7-8-9-10-11-12(13)14;1-7(2)4-3-6(8)5-7/h2-11H2,1H3,(H,13,14);6,8H,3-5H2,1-2H3/q;+1/p-1. The third kappa shape index (κ3) is 14.3. The molecule has 0 bridgehead atoms. The van der Waals surface area contributed by atoms with Crippen LogP contribution >= 0.6 is 0 Å². The van der Waals surface area contributed by atoms with Gasteiger partial charge in [0.15, 0.2) is 0 Å². The minimum atomic E-state index is -0.909. The van der Waals surface area contributed by atoms with Crippen LogP contribution in [0.25, 0.3) is 0 Å². The van der Waals surface area contributed by atoms with Gasteiger partial charge in [-0.25, -0.2) is 0 Å². The Kier molecular flexibility index (Phi) is 12.5. The highest BCUT2D eigenvalue weighted by atomic mass is 16.4. The van der Waals surface area contributed by atoms with E-state index in [-0.39, 0.29) is 12.5 Å². The van der Waals surface area contributed by atoms with Gasteiger partial charge in [-0.1, -0.05) is 58.3 Å². The summed E-state index contributed by atoms with van der Waals surface area (Å²) >= 11 is 0. The Morgan fingerprint density at radius 1 is 1.05 bits per heavy atom. The number of aliphatic carboxylic acids is 1. The van der Waals surface area contributed by atoms with Gasteiger partial charge in [0.05, 0.1) is 20.6 Å². The van der Waals surface area contributed by atoms with Gasteiger partial charge in [-0.3, -0.25) is 0 Å². The summed E-state index contributed by atoms with van der Waals surface area (Å²) in [6.45, 7) is 4.28. The summed E-state index contributed by atoms with van der Waals surface area (Å²) in [5.74, 6) is -0.909. The van der Waals surface area contributed by atoms with Gasteiger partial charge >= 0.3 is 0 Å². The van der Waals surface area contributed by atoms with Crippen LogP contribution in [0.1, 0.15) is 77.6 Å². The second-order valence-electron chi connectivity index (χ2n) is 7.23. The molecule has 0 aromatic heterocycles. The number of carboxylic acids is 1. The van der Waals surface area contributed by atoms with Gasteiger partial charge in [-0.2, -0.15) is 0 Å². The molecule has 1 aliphatic rings. The number of hydrogen-bond donors (Lipinski definition) is 1. The molecular formula is C18H37NO3. The van der Waals surface area contributed by atoms with Crippen molar-refractivity contribution in [2.24, 2.45) is 0 Å². The summed E-state index contributed by atoms with van der Waals surface area (Å²) in [5.41, 5.74) is 0. The molecule has 0 radical (unpaired) electrons. The molecule has 1 heterocycles. The van der Waals surface area contributed by atoms with Crippen molar-refractivity contribution in [3.8, 4) is 0 Å². The summed E-state index contributed by atoms with van der Waals surface area (Å²) in [4.78, 5) is 10.1. The lowest BCUT2D eigenvalue weighted by Crippen LogP contribution is -2.37. The Balaban J connectivity index is 0.000000461. The average Bonchev–Trinajstić information content (AvgIpc) is 2.75. The van der Waals surface area contributed by atoms with Gasteiger partial charge in [-0.05, 0) is 12.8 Å². The zero-order valence-electron chi connectivity index (χ0n) is 15.0. The van der Waals surface area contributed by atoms with Gasteiger partial charge < -0.3 is 19.5 Å². The van der Waals surface area contributed by atoms with Crippen LogP contribution in [0.5, 0.6) is 0 Å². The highest BCUT2D eigenvalue weighted by Gasteiger charge is 2.28. The molecule has 0 aliphatic carbocycles. The lowest BCUT2D eigenvalue weighted by Gasteiger charge is -2.22. The van der Waals surface area contributed by atoms with Crippen molar-refractivity contribution < 1.29 is 19.5 Å². The molecule has 0 aromatic rings. The number of aliphatic hydroxyl groups excluding tert-OH is 1. The monoisotopic (exact) mass is 315 g/mol. The lowest BCUT2D eigenvalue weighted by molar-refractivity contribution is -0.879. The zero-order chi connectivity index (χ0) is 16.8. The normalized spacial score (nSPS) is 19.5. The number of unbranched alkanes of at least 4 members (excludes halogenated alkanes) is 8. The van der Waals surface area contributed by atoms with Crippen LogP contribution in [-0.2, 0) is 4.79 Å². The van der Waals surface area contributed by atoms with Gasteiger partial charge in [-0.15, -0.1) is 0 Å². The van der Waals surface area contributed by atoms with E-state index >= 15 is 0 Å². The van der Waals surface area contributed by atoms with Crippen LogP contribution in [0.15, 0.2) is 0 Å². The number of carboxylic acid groups (broad SMARTS) is 1. The average molecular weight is 315 g/mol. The number of likely N-dealkylation sites (N-methyl/N-ethyl adjacent to an activating group) is 1. The van der Waals surface area contributed by atoms with E-state index in [0.717, 1.165) is 36.8 Å². The number of nitrogens with zero attached hydrogens (tertiary/aromatic N) is 1. The van der Waals surface area contributed by atoms with Crippen LogP contribution < -0.4 is 5.11 Å². The summed E-state index contributed by atoms with van der Waals surface area (Å²) in [6, 6.07) is 0. The molecule has 4 nitrogen and oxygen atoms in total. The van der Waals surface area contributed by atoms with Crippen LogP contribution in [0.2, 0.25) is 0 Å². The maximum Gasteiger partial charge on any atom is 0.108 e. The molecule has 0 aromatic carbocycles. The highest BCUT2D eigenvalue weighted by molar-refractivity contribution is 5.63. The van der Waals surface area contributed by atoms with Gasteiger partial charge in [0.25, 0.3) is 0 Å². The fraction of sp³-hybridized carbons (Fsp3) is 0.944. The predicted octanol–water partition coefficient (Wildman–Crippen LogP) is 2.48. The number of carbonyl (C=O) groups is 1. The van der Waals surface area contributed by atoms with Crippen LogP contribution in [0.3, 0.4) is 0 Å². The SMILES string of the molecule is CCCCCCCCCCCC(=O)[O-].C[N+]1(C)CCC(O)C1. The molecule has 1 atom stereocenters. The molecule has 1 fully saturated rings. The van der Waals surface area contributed by atoms with Crippen molar-refractivity contribution in [3.63, 3.8) is 0 Å². The molecule has 1 unspecified atom stereocenters. The third-order valence-electron chi connectivity index (χ3n) is 4.26. The van der Waals surface area contributed by atoms with E-state index in [0.29, 0.717) is 0 Å². The van der Waals surface area contributed by atoms with Crippen molar-refractivity contribution in [2.45, 2.75) is 83.7 Å². The number of carbonyl (C=O) groups excluding carboxylic acids is 1. The van der Waals surface area contributed by atoms with E-state index < -0.39 is 5.97 Å². The molecular weight excluding hydrogens is 278 g/mol. The number of hydrogen-bond acceptors (Lipinski definition) is 3. The van der Waals surface area contributed by atoms with E-state index in [2.05, 4.69) is 21.0 Å². The van der Waals surface area contributed by atoms with Crippen LogP contribution in [0, 0.1) is 0 Å². The van der Waals surface area contributed by atoms with Crippen LogP contribution in [0.4, 0.5) is 0 Å². The first-order valence-corrected chi connectivity index (χ1v) is 9.07. The van der Waals surface area contributed by atoms with Crippen LogP contribution in [-0.4, -0.2) is 48.8 Å². The number of rotatable bonds is 10. The first kappa shape index (κ1) is 21.4. The Morgan fingerprint density at radius 2 is 1.55 bits per heavy atom. The molecule has 0 amide bonds. The molecule has 4 heteroatoms. The smallest absolute Gasteiger partial charge is 0.108 e. The Labute approximate surface area is 137 Å². The van der Waals surface area contributed by atoms with Crippen molar-refractivity contribution in [1.29, 1.82) is 0 Å². The topological polar surface area (TPSA) is 60.4 Å². The number of quaternary nitrogens is 1. The Bertz CT molecular complexity index is 280. The minimum absolute atomic E-state index is 0.0370. The van der Waals surface area contributed by atoms with Gasteiger partial charge in [0, 0.05) is 12.4 Å². The molecule has 1 rings (SSSR count). The van der Waals surface area contributed by atoms with E-state index in [4.69, 9.17) is 5.11 Å². The van der Waals surface area contributed by atoms with Crippen molar-refractivity contribution in [1.82, 2.24) is 0 Å². The van der Waals surface area contributed by atoms with Gasteiger partial charge in [0.1, 0.15) is 12.6 Å². The quantitative estimate of drug-likeness (QED) is 0.498. The Hall–Kier alpha value is -0.610. The van der Waals surface area contributed by atoms with E-state index in [1.807, 2.05) is 0 Å². The van der Waals surface area contributed by atoms with Gasteiger partial charge in [0.2, 0.25) is 0 Å². The van der Waals surface area contributed by atoms with Crippen molar-refractivity contribution in [3.05, 3.63) is 0 Å². The first-order valence-electron chi connectivity index (χ1n) is 9.07. The number of likely N-dealkylation sites (tertiary alicyclic amines) is 1. The van der Waals surface area contributed by atoms with E-state index in [1.54, 1.807) is 0 Å². The molecule has 1 saturated heterocycles. The second kappa shape index (κ2) is 12.9. The molecule has 132 valence electrons. The Morgan fingerprint density at radius 3 is 1.86 bits per heavy atom. The zero-order valence-corrected chi connectivity index (χ0v) is 15.0.